The summed E-state index contributed by atoms with van der Waals surface area (Å²) in [5.41, 5.74) is 1.74. The fourth-order valence-corrected chi connectivity index (χ4v) is 4.31. The lowest BCUT2D eigenvalue weighted by Gasteiger charge is -2.45. The lowest BCUT2D eigenvalue weighted by Crippen LogP contribution is -2.57. The number of hydrogen-bond donors (Lipinski definition) is 0. The molecule has 0 unspecified atom stereocenters. The largest absolute Gasteiger partial charge is 0.324 e. The van der Waals surface area contributed by atoms with Gasteiger partial charge in [-0.2, -0.15) is 0 Å². The maximum Gasteiger partial charge on any atom is 0.0972 e. The van der Waals surface area contributed by atoms with E-state index < -0.39 is 0 Å². The van der Waals surface area contributed by atoms with Gasteiger partial charge in [0.2, 0.25) is 0 Å². The molecular formula is C28H53ClN+. The molecule has 0 fully saturated rings. The van der Waals surface area contributed by atoms with Gasteiger partial charge in [-0.3, -0.25) is 0 Å². The molecule has 0 atom stereocenters. The summed E-state index contributed by atoms with van der Waals surface area (Å²) in [7, 11) is 4.84. The fraction of sp³-hybridized carbons (Fsp3) is 0.786. The lowest BCUT2D eigenvalue weighted by atomic mass is 9.91. The zero-order valence-corrected chi connectivity index (χ0v) is 21.9. The molecule has 0 heterocycles. The molecule has 0 spiro atoms. The van der Waals surface area contributed by atoms with E-state index >= 15 is 0 Å². The molecule has 1 aromatic rings. The Kier molecular flexibility index (Phi) is 16.8. The zero-order valence-electron chi connectivity index (χ0n) is 21.1. The number of likely N-dealkylation sites (N-methyl/N-ethyl adjacent to an activating group) is 1. The minimum Gasteiger partial charge on any atom is -0.324 e. The maximum absolute atomic E-state index is 2.43. The van der Waals surface area contributed by atoms with Crippen molar-refractivity contribution in [3.8, 4) is 0 Å². The second-order valence-corrected chi connectivity index (χ2v) is 10.5. The predicted octanol–water partition coefficient (Wildman–Crippen LogP) is 8.99. The highest BCUT2D eigenvalue weighted by Gasteiger charge is 2.35. The summed E-state index contributed by atoms with van der Waals surface area (Å²) in [5.74, 6) is 0. The molecule has 0 aliphatic rings. The van der Waals surface area contributed by atoms with Crippen LogP contribution in [0, 0.1) is 0 Å². The third kappa shape index (κ3) is 13.0. The van der Waals surface area contributed by atoms with Crippen molar-refractivity contribution in [3.05, 3.63) is 35.9 Å². The number of unbranched alkanes of at least 4 members (excludes halogenated alkanes) is 13. The average molecular weight is 439 g/mol. The number of halogens is 1. The summed E-state index contributed by atoms with van der Waals surface area (Å²) in [6.45, 7) is 8.46. The van der Waals surface area contributed by atoms with E-state index in [1.165, 1.54) is 102 Å². The van der Waals surface area contributed by atoms with Crippen molar-refractivity contribution in [2.75, 3.05) is 20.6 Å². The van der Waals surface area contributed by atoms with Crippen molar-refractivity contribution in [2.24, 2.45) is 0 Å². The summed E-state index contributed by atoms with van der Waals surface area (Å²) in [4.78, 5) is 0. The predicted molar refractivity (Wildman–Crippen MR) is 139 cm³/mol. The summed E-state index contributed by atoms with van der Waals surface area (Å²) in [5, 5.41) is 0. The maximum atomic E-state index is 2.43. The van der Waals surface area contributed by atoms with Crippen LogP contribution in [0.4, 0.5) is 0 Å². The molecule has 1 aromatic carbocycles. The molecule has 2 heteroatoms. The Bertz CT molecular complexity index is 495. The topological polar surface area (TPSA) is 0 Å². The molecule has 0 radical (unpaired) electrons. The van der Waals surface area contributed by atoms with Crippen molar-refractivity contribution in [1.82, 2.24) is 0 Å². The van der Waals surface area contributed by atoms with Gasteiger partial charge >= 0.3 is 0 Å². The van der Waals surface area contributed by atoms with E-state index in [2.05, 4.69) is 65.2 Å². The third-order valence-electron chi connectivity index (χ3n) is 7.19. The quantitative estimate of drug-likeness (QED) is 0.158. The van der Waals surface area contributed by atoms with E-state index in [-0.39, 0.29) is 17.9 Å². The van der Waals surface area contributed by atoms with Crippen LogP contribution in [0.2, 0.25) is 0 Å². The molecular weight excluding hydrogens is 386 g/mol. The van der Waals surface area contributed by atoms with Crippen molar-refractivity contribution in [1.29, 1.82) is 0 Å². The summed E-state index contributed by atoms with van der Waals surface area (Å²) in [6, 6.07) is 11.0. The molecule has 0 aliphatic carbocycles. The van der Waals surface area contributed by atoms with Gasteiger partial charge in [0.25, 0.3) is 0 Å². The minimum absolute atomic E-state index is 0. The Morgan fingerprint density at radius 1 is 0.633 bits per heavy atom. The van der Waals surface area contributed by atoms with E-state index in [9.17, 15) is 0 Å². The minimum atomic E-state index is 0. The van der Waals surface area contributed by atoms with Crippen LogP contribution in [0.1, 0.15) is 116 Å². The Labute approximate surface area is 196 Å². The first-order chi connectivity index (χ1) is 13.9. The van der Waals surface area contributed by atoms with E-state index in [0.29, 0.717) is 0 Å². The van der Waals surface area contributed by atoms with Crippen molar-refractivity contribution in [2.45, 2.75) is 123 Å². The summed E-state index contributed by atoms with van der Waals surface area (Å²) < 4.78 is 1.11. The SMILES string of the molecule is CCCCCCCCCCCCCCCC[N+](C)(C)C(C)(C)Cc1ccccc1.Cl. The first kappa shape index (κ1) is 29.5. The second kappa shape index (κ2) is 17.1. The van der Waals surface area contributed by atoms with E-state index in [0.717, 1.165) is 10.9 Å². The van der Waals surface area contributed by atoms with Crippen LogP contribution < -0.4 is 0 Å². The highest BCUT2D eigenvalue weighted by Crippen LogP contribution is 2.26. The molecule has 0 amide bonds. The van der Waals surface area contributed by atoms with Crippen LogP contribution in [0.15, 0.2) is 30.3 Å². The van der Waals surface area contributed by atoms with Crippen molar-refractivity contribution < 1.29 is 4.48 Å². The van der Waals surface area contributed by atoms with Gasteiger partial charge in [-0.15, -0.1) is 12.4 Å². The van der Waals surface area contributed by atoms with Crippen LogP contribution in [0.25, 0.3) is 0 Å². The molecule has 1 nitrogen and oxygen atoms in total. The first-order valence-electron chi connectivity index (χ1n) is 12.8. The number of nitrogens with zero attached hydrogens (tertiary/aromatic N) is 1. The molecule has 30 heavy (non-hydrogen) atoms. The number of rotatable bonds is 18. The van der Waals surface area contributed by atoms with Gasteiger partial charge in [-0.1, -0.05) is 114 Å². The first-order valence-corrected chi connectivity index (χ1v) is 12.8. The lowest BCUT2D eigenvalue weighted by molar-refractivity contribution is -0.938. The van der Waals surface area contributed by atoms with Crippen LogP contribution in [-0.4, -0.2) is 30.7 Å². The average Bonchev–Trinajstić information content (AvgIpc) is 2.68. The van der Waals surface area contributed by atoms with Gasteiger partial charge in [0.15, 0.2) is 0 Å². The number of hydrogen-bond acceptors (Lipinski definition) is 0. The molecule has 0 aliphatic heterocycles. The molecule has 0 N–H and O–H groups in total. The van der Waals surface area contributed by atoms with Gasteiger partial charge in [0, 0.05) is 6.42 Å². The Balaban J connectivity index is 0.00000841. The molecule has 0 saturated carbocycles. The van der Waals surface area contributed by atoms with E-state index in [1.807, 2.05) is 0 Å². The van der Waals surface area contributed by atoms with Crippen LogP contribution in [-0.2, 0) is 6.42 Å². The third-order valence-corrected chi connectivity index (χ3v) is 7.19. The second-order valence-electron chi connectivity index (χ2n) is 10.5. The Morgan fingerprint density at radius 3 is 1.47 bits per heavy atom. The molecule has 0 aromatic heterocycles. The Hall–Kier alpha value is -0.530. The molecule has 0 saturated heterocycles. The Morgan fingerprint density at radius 2 is 1.03 bits per heavy atom. The molecule has 1 rings (SSSR count). The number of benzene rings is 1. The van der Waals surface area contributed by atoms with Gasteiger partial charge in [-0.05, 0) is 32.3 Å². The summed E-state index contributed by atoms with van der Waals surface area (Å²) >= 11 is 0. The highest BCUT2D eigenvalue weighted by molar-refractivity contribution is 5.85. The van der Waals surface area contributed by atoms with Crippen LogP contribution in [0.3, 0.4) is 0 Å². The van der Waals surface area contributed by atoms with Crippen molar-refractivity contribution in [3.63, 3.8) is 0 Å². The van der Waals surface area contributed by atoms with E-state index in [1.54, 1.807) is 0 Å². The van der Waals surface area contributed by atoms with Gasteiger partial charge < -0.3 is 4.48 Å². The van der Waals surface area contributed by atoms with E-state index in [4.69, 9.17) is 0 Å². The number of quaternary nitrogens is 1. The summed E-state index contributed by atoms with van der Waals surface area (Å²) in [6.07, 6.45) is 21.3. The normalized spacial score (nSPS) is 12.0. The fourth-order valence-electron chi connectivity index (χ4n) is 4.31. The smallest absolute Gasteiger partial charge is 0.0972 e. The molecule has 0 bridgehead atoms. The standard InChI is InChI=1S/C28H52N.ClH/c1-6-7-8-9-10-11-12-13-14-15-16-17-18-22-25-29(4,5)28(2,3)26-27-23-20-19-21-24-27;/h19-21,23-24H,6-18,22,25-26H2,1-5H3;1H/q+1;. The highest BCUT2D eigenvalue weighted by atomic mass is 35.5. The molecule has 176 valence electrons. The van der Waals surface area contributed by atoms with Crippen LogP contribution in [0.5, 0.6) is 0 Å². The van der Waals surface area contributed by atoms with Gasteiger partial charge in [-0.25, -0.2) is 0 Å². The zero-order chi connectivity index (χ0) is 21.4. The van der Waals surface area contributed by atoms with Crippen molar-refractivity contribution >= 4 is 12.4 Å². The monoisotopic (exact) mass is 438 g/mol. The van der Waals surface area contributed by atoms with Gasteiger partial charge in [0.05, 0.1) is 26.2 Å². The van der Waals surface area contributed by atoms with Gasteiger partial charge in [0.1, 0.15) is 0 Å². The van der Waals surface area contributed by atoms with Crippen LogP contribution >= 0.6 is 12.4 Å².